The first kappa shape index (κ1) is 10.2. The van der Waals surface area contributed by atoms with Gasteiger partial charge in [-0.1, -0.05) is 6.07 Å². The van der Waals surface area contributed by atoms with Crippen LogP contribution in [0.3, 0.4) is 0 Å². The summed E-state index contributed by atoms with van der Waals surface area (Å²) in [7, 11) is 0. The third-order valence-corrected chi connectivity index (χ3v) is 3.66. The number of H-pyrrole nitrogens is 1. The van der Waals surface area contributed by atoms with E-state index in [4.69, 9.17) is 0 Å². The summed E-state index contributed by atoms with van der Waals surface area (Å²) in [4.78, 5) is 15.5. The molecule has 0 aliphatic rings. The SMILES string of the molecule is O=C(c1cc[nH]c1)c1cc2ccc(F)cc2s1. The normalized spacial score (nSPS) is 10.9. The summed E-state index contributed by atoms with van der Waals surface area (Å²) in [5, 5.41) is 0.898. The zero-order chi connectivity index (χ0) is 11.8. The van der Waals surface area contributed by atoms with E-state index in [1.54, 1.807) is 30.6 Å². The van der Waals surface area contributed by atoms with Crippen LogP contribution >= 0.6 is 11.3 Å². The van der Waals surface area contributed by atoms with Crippen LogP contribution < -0.4 is 0 Å². The second kappa shape index (κ2) is 3.82. The number of hydrogen-bond donors (Lipinski definition) is 1. The number of aromatic amines is 1. The molecule has 17 heavy (non-hydrogen) atoms. The average molecular weight is 245 g/mol. The van der Waals surface area contributed by atoms with E-state index in [2.05, 4.69) is 4.98 Å². The Labute approximate surface area is 101 Å². The highest BCUT2D eigenvalue weighted by molar-refractivity contribution is 7.21. The smallest absolute Gasteiger partial charge is 0.204 e. The quantitative estimate of drug-likeness (QED) is 0.687. The Hall–Kier alpha value is -1.94. The maximum Gasteiger partial charge on any atom is 0.204 e. The fourth-order valence-corrected chi connectivity index (χ4v) is 2.77. The minimum Gasteiger partial charge on any atom is -0.367 e. The van der Waals surface area contributed by atoms with Gasteiger partial charge in [-0.15, -0.1) is 11.3 Å². The molecule has 0 unspecified atom stereocenters. The largest absolute Gasteiger partial charge is 0.367 e. The molecule has 0 radical (unpaired) electrons. The lowest BCUT2D eigenvalue weighted by Gasteiger charge is -1.90. The van der Waals surface area contributed by atoms with Gasteiger partial charge in [0.2, 0.25) is 5.78 Å². The molecule has 1 N–H and O–H groups in total. The van der Waals surface area contributed by atoms with Gasteiger partial charge in [-0.3, -0.25) is 4.79 Å². The molecule has 0 atom stereocenters. The van der Waals surface area contributed by atoms with Crippen molar-refractivity contribution in [3.63, 3.8) is 0 Å². The van der Waals surface area contributed by atoms with Gasteiger partial charge >= 0.3 is 0 Å². The van der Waals surface area contributed by atoms with Crippen molar-refractivity contribution in [2.45, 2.75) is 0 Å². The minimum atomic E-state index is -0.278. The fourth-order valence-electron chi connectivity index (χ4n) is 1.72. The van der Waals surface area contributed by atoms with Crippen LogP contribution in [0.1, 0.15) is 15.2 Å². The monoisotopic (exact) mass is 245 g/mol. The number of ketones is 1. The van der Waals surface area contributed by atoms with E-state index in [-0.39, 0.29) is 11.6 Å². The predicted octanol–water partition coefficient (Wildman–Crippen LogP) is 3.60. The second-order valence-corrected chi connectivity index (χ2v) is 4.81. The molecule has 4 heteroatoms. The van der Waals surface area contributed by atoms with Crippen molar-refractivity contribution in [2.24, 2.45) is 0 Å². The second-order valence-electron chi connectivity index (χ2n) is 3.72. The van der Waals surface area contributed by atoms with Crippen LogP contribution in [0.2, 0.25) is 0 Å². The van der Waals surface area contributed by atoms with E-state index in [0.29, 0.717) is 10.4 Å². The van der Waals surface area contributed by atoms with Crippen molar-refractivity contribution in [2.75, 3.05) is 0 Å². The molecule has 0 saturated heterocycles. The first-order valence-electron chi connectivity index (χ1n) is 5.10. The maximum atomic E-state index is 13.0. The van der Waals surface area contributed by atoms with Crippen molar-refractivity contribution in [1.29, 1.82) is 0 Å². The van der Waals surface area contributed by atoms with E-state index < -0.39 is 0 Å². The summed E-state index contributed by atoms with van der Waals surface area (Å²) in [5.74, 6) is -0.312. The molecule has 0 saturated carbocycles. The number of benzene rings is 1. The Kier molecular flexibility index (Phi) is 2.30. The van der Waals surface area contributed by atoms with E-state index in [1.165, 1.54) is 23.5 Å². The Morgan fingerprint density at radius 2 is 2.12 bits per heavy atom. The zero-order valence-corrected chi connectivity index (χ0v) is 9.55. The van der Waals surface area contributed by atoms with Gasteiger partial charge in [0.05, 0.1) is 4.88 Å². The third-order valence-electron chi connectivity index (χ3n) is 2.57. The molecular formula is C13H8FNOS. The number of halogens is 1. The molecule has 2 heterocycles. The van der Waals surface area contributed by atoms with Crippen molar-refractivity contribution in [1.82, 2.24) is 4.98 Å². The lowest BCUT2D eigenvalue weighted by molar-refractivity contribution is 0.104. The molecule has 3 rings (SSSR count). The molecular weight excluding hydrogens is 237 g/mol. The van der Waals surface area contributed by atoms with Crippen molar-refractivity contribution in [3.05, 3.63) is 59.0 Å². The summed E-state index contributed by atoms with van der Waals surface area (Å²) in [6.45, 7) is 0. The van der Waals surface area contributed by atoms with Gasteiger partial charge in [-0.2, -0.15) is 0 Å². The molecule has 0 bridgehead atoms. The van der Waals surface area contributed by atoms with Crippen LogP contribution in [0.5, 0.6) is 0 Å². The van der Waals surface area contributed by atoms with Crippen molar-refractivity contribution in [3.8, 4) is 0 Å². The highest BCUT2D eigenvalue weighted by Gasteiger charge is 2.13. The van der Waals surface area contributed by atoms with Gasteiger partial charge in [-0.25, -0.2) is 4.39 Å². The summed E-state index contributed by atoms with van der Waals surface area (Å²) < 4.78 is 13.8. The molecule has 3 aromatic rings. The molecule has 0 amide bonds. The maximum absolute atomic E-state index is 13.0. The Morgan fingerprint density at radius 1 is 1.24 bits per heavy atom. The highest BCUT2D eigenvalue weighted by Crippen LogP contribution is 2.27. The highest BCUT2D eigenvalue weighted by atomic mass is 32.1. The van der Waals surface area contributed by atoms with E-state index in [0.717, 1.165) is 10.1 Å². The summed E-state index contributed by atoms with van der Waals surface area (Å²) in [6.07, 6.45) is 3.37. The molecule has 1 aromatic carbocycles. The first-order chi connectivity index (χ1) is 8.24. The van der Waals surface area contributed by atoms with Crippen LogP contribution in [0.15, 0.2) is 42.7 Å². The fraction of sp³-hybridized carbons (Fsp3) is 0. The van der Waals surface area contributed by atoms with E-state index in [1.807, 2.05) is 0 Å². The molecule has 0 fully saturated rings. The van der Waals surface area contributed by atoms with Crippen LogP contribution in [-0.4, -0.2) is 10.8 Å². The van der Waals surface area contributed by atoms with Crippen LogP contribution in [0, 0.1) is 5.82 Å². The standard InChI is InChI=1S/C13H8FNOS/c14-10-2-1-8-5-12(17-11(8)6-10)13(16)9-3-4-15-7-9/h1-7,15H. The molecule has 0 aliphatic carbocycles. The van der Waals surface area contributed by atoms with Crippen molar-refractivity contribution >= 4 is 27.2 Å². The number of thiophene rings is 1. The topological polar surface area (TPSA) is 32.9 Å². The lowest BCUT2D eigenvalue weighted by Crippen LogP contribution is -1.95. The van der Waals surface area contributed by atoms with Gasteiger partial charge in [-0.05, 0) is 29.7 Å². The summed E-state index contributed by atoms with van der Waals surface area (Å²) >= 11 is 1.31. The van der Waals surface area contributed by atoms with Gasteiger partial charge in [0.25, 0.3) is 0 Å². The molecule has 0 aliphatic heterocycles. The van der Waals surface area contributed by atoms with E-state index in [9.17, 15) is 9.18 Å². The number of rotatable bonds is 2. The summed E-state index contributed by atoms with van der Waals surface area (Å²) in [6, 6.07) is 8.07. The third kappa shape index (κ3) is 1.76. The number of carbonyl (C=O) groups excluding carboxylic acids is 1. The van der Waals surface area contributed by atoms with Gasteiger partial charge in [0.15, 0.2) is 0 Å². The van der Waals surface area contributed by atoms with Crippen LogP contribution in [-0.2, 0) is 0 Å². The number of fused-ring (bicyclic) bond motifs is 1. The number of nitrogens with one attached hydrogen (secondary N) is 1. The molecule has 0 spiro atoms. The van der Waals surface area contributed by atoms with Gasteiger partial charge < -0.3 is 4.98 Å². The van der Waals surface area contributed by atoms with Crippen LogP contribution in [0.25, 0.3) is 10.1 Å². The lowest BCUT2D eigenvalue weighted by atomic mass is 10.1. The van der Waals surface area contributed by atoms with Gasteiger partial charge in [0, 0.05) is 22.7 Å². The Morgan fingerprint density at radius 3 is 2.88 bits per heavy atom. The van der Waals surface area contributed by atoms with Crippen LogP contribution in [0.4, 0.5) is 4.39 Å². The van der Waals surface area contributed by atoms with E-state index >= 15 is 0 Å². The Bertz CT molecular complexity index is 685. The zero-order valence-electron chi connectivity index (χ0n) is 8.74. The molecule has 84 valence electrons. The molecule has 2 nitrogen and oxygen atoms in total. The Balaban J connectivity index is 2.09. The number of carbonyl (C=O) groups is 1. The first-order valence-corrected chi connectivity index (χ1v) is 5.92. The minimum absolute atomic E-state index is 0.0344. The molecule has 2 aromatic heterocycles. The average Bonchev–Trinajstić information content (AvgIpc) is 2.96. The summed E-state index contributed by atoms with van der Waals surface area (Å²) in [5.41, 5.74) is 0.622. The number of aromatic nitrogens is 1. The van der Waals surface area contributed by atoms with Crippen molar-refractivity contribution < 1.29 is 9.18 Å². The predicted molar refractivity (Wildman–Crippen MR) is 66.0 cm³/mol. The number of hydrogen-bond acceptors (Lipinski definition) is 2. The van der Waals surface area contributed by atoms with Gasteiger partial charge in [0.1, 0.15) is 5.82 Å².